The van der Waals surface area contributed by atoms with Crippen molar-refractivity contribution in [3.05, 3.63) is 28.2 Å². The first-order chi connectivity index (χ1) is 7.52. The van der Waals surface area contributed by atoms with E-state index in [1.165, 1.54) is 0 Å². The molecular formula is C11H10Cl2N2O. The summed E-state index contributed by atoms with van der Waals surface area (Å²) in [5, 5.41) is 12.0. The van der Waals surface area contributed by atoms with Crippen molar-refractivity contribution in [2.45, 2.75) is 13.3 Å². The molecule has 0 radical (unpaired) electrons. The molecule has 1 aromatic carbocycles. The molecule has 0 aliphatic carbocycles. The van der Waals surface area contributed by atoms with Crippen LogP contribution in [0.15, 0.2) is 18.2 Å². The highest BCUT2D eigenvalue weighted by Crippen LogP contribution is 2.25. The fourth-order valence-corrected chi connectivity index (χ4v) is 1.41. The molecule has 1 amide bonds. The van der Waals surface area contributed by atoms with Crippen molar-refractivity contribution in [2.75, 3.05) is 5.32 Å². The highest BCUT2D eigenvalue weighted by molar-refractivity contribution is 6.42. The van der Waals surface area contributed by atoms with E-state index >= 15 is 0 Å². The molecule has 1 rings (SSSR count). The smallest absolute Gasteiger partial charge is 0.225 e. The van der Waals surface area contributed by atoms with E-state index in [0.717, 1.165) is 0 Å². The molecule has 84 valence electrons. The molecule has 0 spiro atoms. The van der Waals surface area contributed by atoms with E-state index in [2.05, 4.69) is 5.32 Å². The van der Waals surface area contributed by atoms with Crippen molar-refractivity contribution in [2.24, 2.45) is 5.92 Å². The Kier molecular flexibility index (Phi) is 4.60. The minimum absolute atomic E-state index is 0.163. The predicted octanol–water partition coefficient (Wildman–Crippen LogP) is 3.48. The largest absolute Gasteiger partial charge is 0.326 e. The molecule has 16 heavy (non-hydrogen) atoms. The Hall–Kier alpha value is -1.24. The maximum absolute atomic E-state index is 11.4. The van der Waals surface area contributed by atoms with E-state index in [4.69, 9.17) is 28.5 Å². The maximum Gasteiger partial charge on any atom is 0.225 e. The number of nitriles is 1. The number of carbonyl (C=O) groups is 1. The number of rotatable bonds is 3. The zero-order valence-electron chi connectivity index (χ0n) is 8.63. The van der Waals surface area contributed by atoms with Gasteiger partial charge in [0, 0.05) is 12.1 Å². The average molecular weight is 257 g/mol. The minimum atomic E-state index is -0.303. The van der Waals surface area contributed by atoms with E-state index in [0.29, 0.717) is 15.7 Å². The Morgan fingerprint density at radius 2 is 2.19 bits per heavy atom. The van der Waals surface area contributed by atoms with Gasteiger partial charge >= 0.3 is 0 Å². The van der Waals surface area contributed by atoms with Gasteiger partial charge in [-0.3, -0.25) is 4.79 Å². The van der Waals surface area contributed by atoms with Crippen LogP contribution in [0.5, 0.6) is 0 Å². The van der Waals surface area contributed by atoms with Crippen LogP contribution in [0.3, 0.4) is 0 Å². The highest BCUT2D eigenvalue weighted by atomic mass is 35.5. The van der Waals surface area contributed by atoms with Crippen LogP contribution in [0.2, 0.25) is 10.0 Å². The molecule has 0 saturated heterocycles. The van der Waals surface area contributed by atoms with Gasteiger partial charge in [-0.25, -0.2) is 0 Å². The molecule has 0 aromatic heterocycles. The molecule has 1 N–H and O–H groups in total. The number of benzene rings is 1. The van der Waals surface area contributed by atoms with Gasteiger partial charge in [-0.1, -0.05) is 23.2 Å². The van der Waals surface area contributed by atoms with Crippen molar-refractivity contribution >= 4 is 34.8 Å². The zero-order chi connectivity index (χ0) is 12.1. The topological polar surface area (TPSA) is 52.9 Å². The Morgan fingerprint density at radius 3 is 2.75 bits per heavy atom. The number of nitrogens with one attached hydrogen (secondary N) is 1. The molecule has 0 bridgehead atoms. The third-order valence-corrected chi connectivity index (χ3v) is 2.65. The zero-order valence-corrected chi connectivity index (χ0v) is 10.1. The maximum atomic E-state index is 11.4. The van der Waals surface area contributed by atoms with E-state index in [1.54, 1.807) is 25.1 Å². The molecule has 1 aromatic rings. The molecule has 0 saturated carbocycles. The summed E-state index contributed by atoms with van der Waals surface area (Å²) in [6.45, 7) is 1.69. The first-order valence-corrected chi connectivity index (χ1v) is 5.43. The molecule has 3 nitrogen and oxygen atoms in total. The second-order valence-electron chi connectivity index (χ2n) is 3.41. The molecule has 1 unspecified atom stereocenters. The van der Waals surface area contributed by atoms with Crippen LogP contribution in [0, 0.1) is 17.2 Å². The normalized spacial score (nSPS) is 11.6. The van der Waals surface area contributed by atoms with Crippen molar-refractivity contribution in [3.8, 4) is 6.07 Å². The Balaban J connectivity index is 2.64. The second-order valence-corrected chi connectivity index (χ2v) is 4.23. The summed E-state index contributed by atoms with van der Waals surface area (Å²) in [5.74, 6) is -0.518. The van der Waals surface area contributed by atoms with Crippen molar-refractivity contribution < 1.29 is 4.79 Å². The lowest BCUT2D eigenvalue weighted by Crippen LogP contribution is -2.14. The number of amides is 1. The van der Waals surface area contributed by atoms with Crippen LogP contribution >= 0.6 is 23.2 Å². The fourth-order valence-electron chi connectivity index (χ4n) is 1.11. The monoisotopic (exact) mass is 256 g/mol. The van der Waals surface area contributed by atoms with Gasteiger partial charge in [0.25, 0.3) is 0 Å². The standard InChI is InChI=1S/C11H10Cl2N2O/c1-7(6-14)4-11(16)15-8-2-3-9(12)10(13)5-8/h2-3,5,7H,4H2,1H3,(H,15,16). The number of nitrogens with zero attached hydrogens (tertiary/aromatic N) is 1. The van der Waals surface area contributed by atoms with Gasteiger partial charge in [-0.05, 0) is 25.1 Å². The SMILES string of the molecule is CC(C#N)CC(=O)Nc1ccc(Cl)c(Cl)c1. The van der Waals surface area contributed by atoms with Crippen molar-refractivity contribution in [1.29, 1.82) is 5.26 Å². The van der Waals surface area contributed by atoms with Gasteiger partial charge in [-0.15, -0.1) is 0 Å². The summed E-state index contributed by atoms with van der Waals surface area (Å²) in [5.41, 5.74) is 0.574. The first-order valence-electron chi connectivity index (χ1n) is 4.67. The van der Waals surface area contributed by atoms with Crippen LogP contribution in [0.4, 0.5) is 5.69 Å². The van der Waals surface area contributed by atoms with Gasteiger partial charge in [-0.2, -0.15) is 5.26 Å². The predicted molar refractivity (Wildman–Crippen MR) is 64.5 cm³/mol. The van der Waals surface area contributed by atoms with Crippen molar-refractivity contribution in [1.82, 2.24) is 0 Å². The van der Waals surface area contributed by atoms with Gasteiger partial charge in [0.2, 0.25) is 5.91 Å². The Bertz CT molecular complexity index is 440. The van der Waals surface area contributed by atoms with Crippen LogP contribution in [0.25, 0.3) is 0 Å². The quantitative estimate of drug-likeness (QED) is 0.901. The number of hydrogen-bond acceptors (Lipinski definition) is 2. The molecule has 0 fully saturated rings. The summed E-state index contributed by atoms with van der Waals surface area (Å²) >= 11 is 11.5. The number of hydrogen-bond donors (Lipinski definition) is 1. The first kappa shape index (κ1) is 12.8. The van der Waals surface area contributed by atoms with E-state index in [1.807, 2.05) is 6.07 Å². The van der Waals surface area contributed by atoms with E-state index < -0.39 is 0 Å². The lowest BCUT2D eigenvalue weighted by atomic mass is 10.1. The summed E-state index contributed by atoms with van der Waals surface area (Å²) in [4.78, 5) is 11.4. The lowest BCUT2D eigenvalue weighted by Gasteiger charge is -2.06. The van der Waals surface area contributed by atoms with E-state index in [-0.39, 0.29) is 18.2 Å². The van der Waals surface area contributed by atoms with Crippen LogP contribution in [0.1, 0.15) is 13.3 Å². The highest BCUT2D eigenvalue weighted by Gasteiger charge is 2.08. The fraction of sp³-hybridized carbons (Fsp3) is 0.273. The lowest BCUT2D eigenvalue weighted by molar-refractivity contribution is -0.116. The summed E-state index contributed by atoms with van der Waals surface area (Å²) < 4.78 is 0. The molecular weight excluding hydrogens is 247 g/mol. The molecule has 5 heteroatoms. The number of halogens is 2. The summed E-state index contributed by atoms with van der Waals surface area (Å²) in [6.07, 6.45) is 0.163. The van der Waals surface area contributed by atoms with Crippen LogP contribution < -0.4 is 5.32 Å². The Morgan fingerprint density at radius 1 is 1.50 bits per heavy atom. The van der Waals surface area contributed by atoms with Gasteiger partial charge in [0.05, 0.1) is 22.0 Å². The van der Waals surface area contributed by atoms with Gasteiger partial charge in [0.15, 0.2) is 0 Å². The Labute approximate surface area is 104 Å². The average Bonchev–Trinajstić information content (AvgIpc) is 2.23. The number of anilines is 1. The second kappa shape index (κ2) is 5.74. The minimum Gasteiger partial charge on any atom is -0.326 e. The van der Waals surface area contributed by atoms with Crippen LogP contribution in [-0.4, -0.2) is 5.91 Å². The molecule has 0 aliphatic rings. The van der Waals surface area contributed by atoms with E-state index in [9.17, 15) is 4.79 Å². The third kappa shape index (κ3) is 3.73. The molecule has 1 atom stereocenters. The number of carbonyl (C=O) groups excluding carboxylic acids is 1. The van der Waals surface area contributed by atoms with Gasteiger partial charge in [0.1, 0.15) is 0 Å². The summed E-state index contributed by atoms with van der Waals surface area (Å²) in [6, 6.07) is 6.82. The summed E-state index contributed by atoms with van der Waals surface area (Å²) in [7, 11) is 0. The van der Waals surface area contributed by atoms with Gasteiger partial charge < -0.3 is 5.32 Å². The molecule has 0 heterocycles. The third-order valence-electron chi connectivity index (χ3n) is 1.92. The molecule has 0 aliphatic heterocycles. The van der Waals surface area contributed by atoms with Crippen molar-refractivity contribution in [3.63, 3.8) is 0 Å². The van der Waals surface area contributed by atoms with Crippen LogP contribution in [-0.2, 0) is 4.79 Å².